The number of halogens is 2. The van der Waals surface area contributed by atoms with Gasteiger partial charge in [0.15, 0.2) is 0 Å². The molecular weight excluding hydrogens is 382 g/mol. The van der Waals surface area contributed by atoms with Crippen LogP contribution < -0.4 is 10.5 Å². The summed E-state index contributed by atoms with van der Waals surface area (Å²) in [5.74, 6) is 0.406. The molecule has 0 aliphatic rings. The molecule has 2 aromatic rings. The number of thiophene rings is 1. The third kappa shape index (κ3) is 2.60. The average Bonchev–Trinajstić information content (AvgIpc) is 2.68. The summed E-state index contributed by atoms with van der Waals surface area (Å²) in [6, 6.07) is 6.79. The van der Waals surface area contributed by atoms with Gasteiger partial charge >= 0.3 is 0 Å². The van der Waals surface area contributed by atoms with Gasteiger partial charge in [0.05, 0.1) is 21.3 Å². The maximum atomic E-state index is 12.4. The molecule has 0 radical (unpaired) electrons. The van der Waals surface area contributed by atoms with Crippen molar-refractivity contribution in [2.45, 2.75) is 0 Å². The van der Waals surface area contributed by atoms with Crippen LogP contribution in [0, 0.1) is 0 Å². The molecule has 0 aliphatic heterocycles. The van der Waals surface area contributed by atoms with E-state index in [2.05, 4.69) is 31.9 Å². The first-order valence-electron chi connectivity index (χ1n) is 4.96. The molecule has 0 unspecified atom stereocenters. The van der Waals surface area contributed by atoms with Gasteiger partial charge in [-0.1, -0.05) is 0 Å². The van der Waals surface area contributed by atoms with Crippen LogP contribution >= 0.6 is 43.2 Å². The number of anilines is 1. The number of carbonyl (C=O) groups is 1. The third-order valence-corrected chi connectivity index (χ3v) is 5.59. The minimum atomic E-state index is -0.0803. The Labute approximate surface area is 125 Å². The second-order valence-corrected chi connectivity index (χ2v) is 6.75. The molecule has 0 saturated heterocycles. The molecule has 0 amide bonds. The molecule has 0 saturated carbocycles. The number of benzene rings is 1. The zero-order chi connectivity index (χ0) is 13.3. The molecule has 0 atom stereocenters. The molecule has 0 aliphatic carbocycles. The monoisotopic (exact) mass is 389 g/mol. The lowest BCUT2D eigenvalue weighted by Gasteiger charge is -2.07. The van der Waals surface area contributed by atoms with E-state index in [1.807, 2.05) is 0 Å². The Morgan fingerprint density at radius 3 is 2.61 bits per heavy atom. The molecule has 6 heteroatoms. The number of nitrogens with two attached hydrogens (primary N) is 1. The van der Waals surface area contributed by atoms with Gasteiger partial charge in [-0.3, -0.25) is 4.79 Å². The van der Waals surface area contributed by atoms with E-state index >= 15 is 0 Å². The van der Waals surface area contributed by atoms with Crippen molar-refractivity contribution in [3.05, 3.63) is 43.0 Å². The summed E-state index contributed by atoms with van der Waals surface area (Å²) in [6.45, 7) is 0. The molecule has 1 aromatic heterocycles. The van der Waals surface area contributed by atoms with Crippen molar-refractivity contribution in [2.75, 3.05) is 12.8 Å². The lowest BCUT2D eigenvalue weighted by molar-refractivity contribution is 0.103. The number of hydrogen-bond donors (Lipinski definition) is 1. The van der Waals surface area contributed by atoms with E-state index in [1.54, 1.807) is 24.3 Å². The summed E-state index contributed by atoms with van der Waals surface area (Å²) in [4.78, 5) is 13.0. The Kier molecular flexibility index (Phi) is 4.09. The zero-order valence-electron chi connectivity index (χ0n) is 9.37. The third-order valence-electron chi connectivity index (χ3n) is 2.34. The van der Waals surface area contributed by atoms with Crippen LogP contribution in [-0.2, 0) is 0 Å². The number of hydrogen-bond acceptors (Lipinski definition) is 4. The first-order valence-corrected chi connectivity index (χ1v) is 7.36. The van der Waals surface area contributed by atoms with E-state index < -0.39 is 0 Å². The van der Waals surface area contributed by atoms with Gasteiger partial charge in [0, 0.05) is 16.2 Å². The Bertz CT molecular complexity index is 591. The first-order chi connectivity index (χ1) is 8.52. The quantitative estimate of drug-likeness (QED) is 0.634. The summed E-state index contributed by atoms with van der Waals surface area (Å²) >= 11 is 8.11. The normalized spacial score (nSPS) is 10.4. The highest BCUT2D eigenvalue weighted by molar-refractivity contribution is 9.13. The molecule has 18 heavy (non-hydrogen) atoms. The van der Waals surface area contributed by atoms with E-state index in [4.69, 9.17) is 10.5 Å². The van der Waals surface area contributed by atoms with Crippen LogP contribution in [0.25, 0.3) is 0 Å². The molecular formula is C12H9Br2NO2S. The van der Waals surface area contributed by atoms with Gasteiger partial charge in [-0.05, 0) is 50.1 Å². The number of nitrogen functional groups attached to an aromatic ring is 1. The van der Waals surface area contributed by atoms with E-state index in [-0.39, 0.29) is 5.78 Å². The van der Waals surface area contributed by atoms with Crippen molar-refractivity contribution in [1.29, 1.82) is 0 Å². The first kappa shape index (κ1) is 13.6. The predicted molar refractivity (Wildman–Crippen MR) is 80.6 cm³/mol. The molecule has 0 fully saturated rings. The number of rotatable bonds is 3. The topological polar surface area (TPSA) is 52.3 Å². The van der Waals surface area contributed by atoms with Crippen LogP contribution in [0.2, 0.25) is 0 Å². The molecule has 2 rings (SSSR count). The summed E-state index contributed by atoms with van der Waals surface area (Å²) in [5, 5.41) is 0. The molecule has 1 aromatic carbocycles. The Morgan fingerprint density at radius 2 is 2.06 bits per heavy atom. The van der Waals surface area contributed by atoms with E-state index in [9.17, 15) is 4.79 Å². The Morgan fingerprint density at radius 1 is 1.33 bits per heavy atom. The lowest BCUT2D eigenvalue weighted by atomic mass is 10.1. The van der Waals surface area contributed by atoms with Crippen molar-refractivity contribution in [2.24, 2.45) is 0 Å². The Hall–Kier alpha value is -0.850. The number of carbonyl (C=O) groups excluding carboxylic acids is 1. The van der Waals surface area contributed by atoms with Gasteiger partial charge in [0.2, 0.25) is 5.78 Å². The second-order valence-electron chi connectivity index (χ2n) is 3.52. The van der Waals surface area contributed by atoms with Gasteiger partial charge in [-0.25, -0.2) is 0 Å². The van der Waals surface area contributed by atoms with Gasteiger partial charge in [-0.15, -0.1) is 11.3 Å². The van der Waals surface area contributed by atoms with Crippen LogP contribution in [-0.4, -0.2) is 12.9 Å². The van der Waals surface area contributed by atoms with E-state index in [0.717, 1.165) is 8.26 Å². The largest absolute Gasteiger partial charge is 0.496 e. The lowest BCUT2D eigenvalue weighted by Crippen LogP contribution is -2.02. The zero-order valence-corrected chi connectivity index (χ0v) is 13.4. The van der Waals surface area contributed by atoms with Crippen LogP contribution in [0.5, 0.6) is 5.75 Å². The molecule has 0 spiro atoms. The molecule has 2 N–H and O–H groups in total. The van der Waals surface area contributed by atoms with E-state index in [0.29, 0.717) is 21.9 Å². The minimum Gasteiger partial charge on any atom is -0.496 e. The van der Waals surface area contributed by atoms with Crippen molar-refractivity contribution in [3.8, 4) is 5.75 Å². The van der Waals surface area contributed by atoms with E-state index in [1.165, 1.54) is 18.4 Å². The van der Waals surface area contributed by atoms with Gasteiger partial charge in [0.25, 0.3) is 0 Å². The molecule has 1 heterocycles. The van der Waals surface area contributed by atoms with Gasteiger partial charge in [-0.2, -0.15) is 0 Å². The minimum absolute atomic E-state index is 0.0803. The Balaban J connectivity index is 2.45. The fourth-order valence-corrected chi connectivity index (χ4v) is 3.48. The summed E-state index contributed by atoms with van der Waals surface area (Å²) in [7, 11) is 1.52. The maximum absolute atomic E-state index is 12.4. The van der Waals surface area contributed by atoms with Crippen LogP contribution in [0.4, 0.5) is 5.69 Å². The van der Waals surface area contributed by atoms with Crippen molar-refractivity contribution < 1.29 is 9.53 Å². The summed E-state index contributed by atoms with van der Waals surface area (Å²) in [6.07, 6.45) is 0. The fourth-order valence-electron chi connectivity index (χ4n) is 1.49. The summed E-state index contributed by atoms with van der Waals surface area (Å²) in [5.41, 5.74) is 6.74. The fraction of sp³-hybridized carbons (Fsp3) is 0.0833. The smallest absolute Gasteiger partial charge is 0.206 e. The van der Waals surface area contributed by atoms with Crippen molar-refractivity contribution >= 4 is 54.7 Å². The van der Waals surface area contributed by atoms with Crippen molar-refractivity contribution in [1.82, 2.24) is 0 Å². The number of ketones is 1. The molecule has 3 nitrogen and oxygen atoms in total. The predicted octanol–water partition coefficient (Wildman–Crippen LogP) is 4.09. The van der Waals surface area contributed by atoms with Gasteiger partial charge in [0.1, 0.15) is 5.75 Å². The van der Waals surface area contributed by atoms with Crippen LogP contribution in [0.3, 0.4) is 0 Å². The summed E-state index contributed by atoms with van der Waals surface area (Å²) < 4.78 is 6.94. The molecule has 0 bridgehead atoms. The average molecular weight is 391 g/mol. The van der Waals surface area contributed by atoms with Gasteiger partial charge < -0.3 is 10.5 Å². The highest BCUT2D eigenvalue weighted by atomic mass is 79.9. The second kappa shape index (κ2) is 5.42. The van der Waals surface area contributed by atoms with Crippen LogP contribution in [0.15, 0.2) is 32.5 Å². The number of ether oxygens (including phenoxy) is 1. The standard InChI is InChI=1S/C12H9Br2NO2S/c1-17-9-4-6(15)2-3-7(9)11(16)10-5-8(13)12(14)18-10/h2-5H,15H2,1H3. The molecule has 94 valence electrons. The number of methoxy groups -OCH3 is 1. The highest BCUT2D eigenvalue weighted by Gasteiger charge is 2.18. The highest BCUT2D eigenvalue weighted by Crippen LogP contribution is 2.35. The van der Waals surface area contributed by atoms with Crippen molar-refractivity contribution in [3.63, 3.8) is 0 Å². The van der Waals surface area contributed by atoms with Crippen LogP contribution in [0.1, 0.15) is 15.2 Å². The SMILES string of the molecule is COc1cc(N)ccc1C(=O)c1cc(Br)c(Br)s1. The maximum Gasteiger partial charge on any atom is 0.206 e.